The predicted molar refractivity (Wildman–Crippen MR) is 81.8 cm³/mol. The summed E-state index contributed by atoms with van der Waals surface area (Å²) in [5.41, 5.74) is 1.84. The molecular formula is C13H14FIN2S. The van der Waals surface area contributed by atoms with E-state index >= 15 is 0 Å². The molecule has 1 aromatic carbocycles. The highest BCUT2D eigenvalue weighted by molar-refractivity contribution is 14.1. The lowest BCUT2D eigenvalue weighted by Crippen LogP contribution is -1.97. The maximum atomic E-state index is 13.7. The van der Waals surface area contributed by atoms with Gasteiger partial charge in [-0.25, -0.2) is 4.39 Å². The molecule has 1 N–H and O–H groups in total. The van der Waals surface area contributed by atoms with E-state index in [2.05, 4.69) is 16.5 Å². The molecule has 1 saturated carbocycles. The maximum absolute atomic E-state index is 13.7. The van der Waals surface area contributed by atoms with Crippen molar-refractivity contribution in [2.24, 2.45) is 5.92 Å². The standard InChI is InChI=1S/C13H14FIN2S/c1-2-3-7-4-11(7)17-12-5-8(14)9(15)6-10(12)16-13(17)18/h5-7,11H,2-4H2,1H3,(H,16,18). The highest BCUT2D eigenvalue weighted by atomic mass is 127. The Morgan fingerprint density at radius 3 is 3.06 bits per heavy atom. The van der Waals surface area contributed by atoms with Gasteiger partial charge in [0, 0.05) is 12.1 Å². The molecule has 18 heavy (non-hydrogen) atoms. The van der Waals surface area contributed by atoms with Gasteiger partial charge in [0.05, 0.1) is 14.6 Å². The molecule has 1 heterocycles. The van der Waals surface area contributed by atoms with Crippen molar-refractivity contribution in [1.29, 1.82) is 0 Å². The van der Waals surface area contributed by atoms with Crippen molar-refractivity contribution in [2.45, 2.75) is 32.2 Å². The van der Waals surface area contributed by atoms with Crippen LogP contribution in [-0.2, 0) is 0 Å². The Labute approximate surface area is 124 Å². The quantitative estimate of drug-likeness (QED) is 0.603. The summed E-state index contributed by atoms with van der Waals surface area (Å²) in [6.45, 7) is 2.20. The van der Waals surface area contributed by atoms with Gasteiger partial charge in [0.15, 0.2) is 4.77 Å². The summed E-state index contributed by atoms with van der Waals surface area (Å²) in [5.74, 6) is 0.543. The number of rotatable bonds is 3. The number of imidazole rings is 1. The molecule has 5 heteroatoms. The number of aromatic nitrogens is 2. The van der Waals surface area contributed by atoms with Gasteiger partial charge in [-0.3, -0.25) is 0 Å². The van der Waals surface area contributed by atoms with Crippen LogP contribution in [0.4, 0.5) is 4.39 Å². The monoisotopic (exact) mass is 376 g/mol. The zero-order valence-corrected chi connectivity index (χ0v) is 13.0. The van der Waals surface area contributed by atoms with Gasteiger partial charge in [-0.2, -0.15) is 0 Å². The minimum Gasteiger partial charge on any atom is -0.331 e. The molecule has 0 spiro atoms. The third kappa shape index (κ3) is 2.01. The third-order valence-corrected chi connectivity index (χ3v) is 4.76. The van der Waals surface area contributed by atoms with Crippen LogP contribution in [0.1, 0.15) is 32.2 Å². The van der Waals surface area contributed by atoms with Crippen molar-refractivity contribution in [3.05, 3.63) is 26.3 Å². The first-order valence-electron chi connectivity index (χ1n) is 6.21. The van der Waals surface area contributed by atoms with E-state index in [1.807, 2.05) is 28.7 Å². The minimum atomic E-state index is -0.168. The average molecular weight is 376 g/mol. The minimum absolute atomic E-state index is 0.168. The molecule has 1 fully saturated rings. The summed E-state index contributed by atoms with van der Waals surface area (Å²) in [5, 5.41) is 0. The molecule has 96 valence electrons. The van der Waals surface area contributed by atoms with Crippen molar-refractivity contribution in [3.8, 4) is 0 Å². The van der Waals surface area contributed by atoms with E-state index < -0.39 is 0 Å². The van der Waals surface area contributed by atoms with Gasteiger partial charge < -0.3 is 9.55 Å². The first-order valence-corrected chi connectivity index (χ1v) is 7.69. The smallest absolute Gasteiger partial charge is 0.178 e. The van der Waals surface area contributed by atoms with Gasteiger partial charge in [0.25, 0.3) is 0 Å². The number of aromatic amines is 1. The van der Waals surface area contributed by atoms with E-state index in [1.54, 1.807) is 6.07 Å². The van der Waals surface area contributed by atoms with E-state index in [9.17, 15) is 4.39 Å². The van der Waals surface area contributed by atoms with Gasteiger partial charge in [-0.15, -0.1) is 0 Å². The Morgan fingerprint density at radius 1 is 1.56 bits per heavy atom. The lowest BCUT2D eigenvalue weighted by atomic mass is 10.2. The fraction of sp³-hybridized carbons (Fsp3) is 0.462. The van der Waals surface area contributed by atoms with Crippen molar-refractivity contribution in [1.82, 2.24) is 9.55 Å². The van der Waals surface area contributed by atoms with Crippen LogP contribution in [-0.4, -0.2) is 9.55 Å². The summed E-state index contributed by atoms with van der Waals surface area (Å²) in [6.07, 6.45) is 3.60. The van der Waals surface area contributed by atoms with Crippen LogP contribution >= 0.6 is 34.8 Å². The molecular weight excluding hydrogens is 362 g/mol. The number of H-pyrrole nitrogens is 1. The van der Waals surface area contributed by atoms with Gasteiger partial charge in [-0.1, -0.05) is 13.3 Å². The highest BCUT2D eigenvalue weighted by Crippen LogP contribution is 2.47. The second-order valence-electron chi connectivity index (χ2n) is 4.94. The Bertz CT molecular complexity index is 661. The van der Waals surface area contributed by atoms with Crippen molar-refractivity contribution >= 4 is 45.8 Å². The van der Waals surface area contributed by atoms with Gasteiger partial charge >= 0.3 is 0 Å². The topological polar surface area (TPSA) is 20.7 Å². The number of nitrogens with one attached hydrogen (secondary N) is 1. The molecule has 1 aliphatic rings. The summed E-state index contributed by atoms with van der Waals surface area (Å²) in [6, 6.07) is 3.89. The van der Waals surface area contributed by atoms with E-state index in [4.69, 9.17) is 12.2 Å². The largest absolute Gasteiger partial charge is 0.331 e. The van der Waals surface area contributed by atoms with Gasteiger partial charge in [0.2, 0.25) is 0 Å². The second kappa shape index (κ2) is 4.59. The zero-order chi connectivity index (χ0) is 12.9. The number of hydrogen-bond acceptors (Lipinski definition) is 1. The van der Waals surface area contributed by atoms with Crippen molar-refractivity contribution < 1.29 is 4.39 Å². The summed E-state index contributed by atoms with van der Waals surface area (Å²) in [7, 11) is 0. The van der Waals surface area contributed by atoms with Crippen LogP contribution in [0.2, 0.25) is 0 Å². The maximum Gasteiger partial charge on any atom is 0.178 e. The Morgan fingerprint density at radius 2 is 2.33 bits per heavy atom. The number of hydrogen-bond donors (Lipinski definition) is 1. The van der Waals surface area contributed by atoms with E-state index in [0.717, 1.165) is 15.8 Å². The van der Waals surface area contributed by atoms with E-state index in [-0.39, 0.29) is 5.82 Å². The first kappa shape index (κ1) is 12.6. The fourth-order valence-corrected chi connectivity index (χ4v) is 3.49. The van der Waals surface area contributed by atoms with Gasteiger partial charge in [-0.05, 0) is 59.6 Å². The molecule has 2 atom stereocenters. The normalized spacial score (nSPS) is 22.6. The fourth-order valence-electron chi connectivity index (χ4n) is 2.68. The van der Waals surface area contributed by atoms with E-state index in [1.165, 1.54) is 19.3 Å². The van der Waals surface area contributed by atoms with Crippen LogP contribution in [0.5, 0.6) is 0 Å². The average Bonchev–Trinajstić information content (AvgIpc) is 2.98. The Hall–Kier alpha value is -0.430. The van der Waals surface area contributed by atoms with Crippen LogP contribution in [0.15, 0.2) is 12.1 Å². The van der Waals surface area contributed by atoms with Crippen molar-refractivity contribution in [3.63, 3.8) is 0 Å². The number of nitrogens with zero attached hydrogens (tertiary/aromatic N) is 1. The third-order valence-electron chi connectivity index (χ3n) is 3.63. The molecule has 1 aliphatic carbocycles. The molecule has 0 aliphatic heterocycles. The molecule has 2 aromatic rings. The molecule has 0 radical (unpaired) electrons. The molecule has 1 aromatic heterocycles. The van der Waals surface area contributed by atoms with Crippen LogP contribution < -0.4 is 0 Å². The van der Waals surface area contributed by atoms with Crippen LogP contribution in [0, 0.1) is 20.1 Å². The highest BCUT2D eigenvalue weighted by Gasteiger charge is 2.38. The molecule has 2 nitrogen and oxygen atoms in total. The number of benzene rings is 1. The van der Waals surface area contributed by atoms with Crippen LogP contribution in [0.3, 0.4) is 0 Å². The number of fused-ring (bicyclic) bond motifs is 1. The zero-order valence-electron chi connectivity index (χ0n) is 10.0. The Balaban J connectivity index is 2.10. The second-order valence-corrected chi connectivity index (χ2v) is 6.48. The lowest BCUT2D eigenvalue weighted by Gasteiger charge is -2.04. The summed E-state index contributed by atoms with van der Waals surface area (Å²) < 4.78 is 17.1. The molecule has 0 saturated heterocycles. The molecule has 3 rings (SSSR count). The first-order chi connectivity index (χ1) is 8.61. The van der Waals surface area contributed by atoms with Gasteiger partial charge in [0.1, 0.15) is 5.82 Å². The predicted octanol–water partition coefficient (Wildman–Crippen LogP) is 4.80. The number of halogens is 2. The van der Waals surface area contributed by atoms with Crippen molar-refractivity contribution in [2.75, 3.05) is 0 Å². The summed E-state index contributed by atoms with van der Waals surface area (Å²) >= 11 is 7.38. The SMILES string of the molecule is CCCC1CC1n1c(=S)[nH]c2cc(I)c(F)cc21. The molecule has 0 amide bonds. The lowest BCUT2D eigenvalue weighted by molar-refractivity contribution is 0.606. The van der Waals surface area contributed by atoms with Crippen LogP contribution in [0.25, 0.3) is 11.0 Å². The summed E-state index contributed by atoms with van der Waals surface area (Å²) in [4.78, 5) is 3.19. The molecule has 2 unspecified atom stereocenters. The molecule has 0 bridgehead atoms. The Kier molecular flexibility index (Phi) is 3.21. The van der Waals surface area contributed by atoms with E-state index in [0.29, 0.717) is 15.5 Å².